The second kappa shape index (κ2) is 8.60. The lowest BCUT2D eigenvalue weighted by atomic mass is 10.2. The molecule has 1 aliphatic rings. The molecular weight excluding hydrogens is 366 g/mol. The smallest absolute Gasteiger partial charge is 0.339 e. The fourth-order valence-electron chi connectivity index (χ4n) is 3.39. The molecule has 1 saturated heterocycles. The first-order valence-corrected chi connectivity index (χ1v) is 9.57. The van der Waals surface area contributed by atoms with E-state index >= 15 is 0 Å². The monoisotopic (exact) mass is 389 g/mol. The minimum absolute atomic E-state index is 0.389. The van der Waals surface area contributed by atoms with Gasteiger partial charge in [-0.05, 0) is 30.3 Å². The van der Waals surface area contributed by atoms with Gasteiger partial charge in [0.15, 0.2) is 0 Å². The van der Waals surface area contributed by atoms with Crippen molar-refractivity contribution in [1.29, 1.82) is 0 Å². The normalized spacial score (nSPS) is 13.8. The number of nitrogens with zero attached hydrogens (tertiary/aromatic N) is 4. The van der Waals surface area contributed by atoms with Crippen molar-refractivity contribution in [3.05, 3.63) is 72.4 Å². The zero-order valence-electron chi connectivity index (χ0n) is 16.3. The Labute approximate surface area is 170 Å². The van der Waals surface area contributed by atoms with Crippen LogP contribution in [-0.2, 0) is 4.74 Å². The van der Waals surface area contributed by atoms with E-state index in [4.69, 9.17) is 4.74 Å². The third-order valence-corrected chi connectivity index (χ3v) is 4.92. The molecule has 1 aromatic heterocycles. The van der Waals surface area contributed by atoms with Crippen molar-refractivity contribution in [3.8, 4) is 0 Å². The number of esters is 1. The van der Waals surface area contributed by atoms with Crippen LogP contribution in [0.15, 0.2) is 66.9 Å². The number of carbonyl (C=O) groups is 1. The van der Waals surface area contributed by atoms with Crippen molar-refractivity contribution >= 4 is 29.1 Å². The molecule has 0 aliphatic carbocycles. The minimum atomic E-state index is -0.389. The number of hydrogen-bond acceptors (Lipinski definition) is 7. The standard InChI is InChI=1S/C22H23N5O2/c1-29-21(28)18-9-5-6-10-19(18)24-20-11-12-23-22(25-20)27-15-13-26(14-16-27)17-7-3-2-4-8-17/h2-12H,13-16H2,1H3,(H,23,24,25). The molecule has 0 saturated carbocycles. The number of benzene rings is 2. The molecule has 7 nitrogen and oxygen atoms in total. The van der Waals surface area contributed by atoms with Crippen LogP contribution in [0.5, 0.6) is 0 Å². The summed E-state index contributed by atoms with van der Waals surface area (Å²) in [4.78, 5) is 25.6. The fourth-order valence-corrected chi connectivity index (χ4v) is 3.39. The van der Waals surface area contributed by atoms with E-state index in [1.165, 1.54) is 12.8 Å². The molecule has 2 aromatic carbocycles. The fraction of sp³-hybridized carbons (Fsp3) is 0.227. The van der Waals surface area contributed by atoms with Crippen LogP contribution in [0.2, 0.25) is 0 Å². The predicted molar refractivity (Wildman–Crippen MR) is 114 cm³/mol. The van der Waals surface area contributed by atoms with Gasteiger partial charge < -0.3 is 19.9 Å². The van der Waals surface area contributed by atoms with Gasteiger partial charge in [0, 0.05) is 38.1 Å². The molecule has 0 unspecified atom stereocenters. The molecule has 4 rings (SSSR count). The Morgan fingerprint density at radius 1 is 0.931 bits per heavy atom. The molecule has 1 N–H and O–H groups in total. The summed E-state index contributed by atoms with van der Waals surface area (Å²) < 4.78 is 4.86. The number of ether oxygens (including phenoxy) is 1. The van der Waals surface area contributed by atoms with E-state index in [0.717, 1.165) is 26.2 Å². The van der Waals surface area contributed by atoms with E-state index in [1.54, 1.807) is 24.4 Å². The number of methoxy groups -OCH3 is 1. The summed E-state index contributed by atoms with van der Waals surface area (Å²) in [6.07, 6.45) is 1.73. The topological polar surface area (TPSA) is 70.6 Å². The van der Waals surface area contributed by atoms with E-state index in [9.17, 15) is 4.79 Å². The summed E-state index contributed by atoms with van der Waals surface area (Å²) in [7, 11) is 1.37. The Kier molecular flexibility index (Phi) is 5.56. The van der Waals surface area contributed by atoms with Crippen LogP contribution in [0.1, 0.15) is 10.4 Å². The highest BCUT2D eigenvalue weighted by atomic mass is 16.5. The molecule has 0 bridgehead atoms. The van der Waals surface area contributed by atoms with Crippen molar-refractivity contribution in [3.63, 3.8) is 0 Å². The Morgan fingerprint density at radius 3 is 2.38 bits per heavy atom. The van der Waals surface area contributed by atoms with Crippen LogP contribution in [0.3, 0.4) is 0 Å². The summed E-state index contributed by atoms with van der Waals surface area (Å²) in [5, 5.41) is 3.21. The largest absolute Gasteiger partial charge is 0.465 e. The lowest BCUT2D eigenvalue weighted by molar-refractivity contribution is 0.0602. The van der Waals surface area contributed by atoms with Crippen molar-refractivity contribution in [2.75, 3.05) is 48.4 Å². The van der Waals surface area contributed by atoms with Gasteiger partial charge in [0.25, 0.3) is 0 Å². The molecule has 3 aromatic rings. The van der Waals surface area contributed by atoms with E-state index < -0.39 is 0 Å². The molecule has 7 heteroatoms. The molecule has 148 valence electrons. The SMILES string of the molecule is COC(=O)c1ccccc1Nc1ccnc(N2CCN(c3ccccc3)CC2)n1. The zero-order valence-corrected chi connectivity index (χ0v) is 16.3. The molecule has 1 aliphatic heterocycles. The number of carbonyl (C=O) groups excluding carboxylic acids is 1. The third-order valence-electron chi connectivity index (χ3n) is 4.92. The molecule has 0 atom stereocenters. The zero-order chi connectivity index (χ0) is 20.1. The van der Waals surface area contributed by atoms with Crippen LogP contribution >= 0.6 is 0 Å². The maximum absolute atomic E-state index is 12.0. The molecule has 2 heterocycles. The number of rotatable bonds is 5. The van der Waals surface area contributed by atoms with Crippen LogP contribution in [0, 0.1) is 0 Å². The summed E-state index contributed by atoms with van der Waals surface area (Å²) in [6, 6.07) is 19.4. The molecule has 1 fully saturated rings. The average Bonchev–Trinajstić information content (AvgIpc) is 2.80. The van der Waals surface area contributed by atoms with E-state index in [0.29, 0.717) is 23.0 Å². The summed E-state index contributed by atoms with van der Waals surface area (Å²) in [5.41, 5.74) is 2.35. The maximum Gasteiger partial charge on any atom is 0.339 e. The van der Waals surface area contributed by atoms with Crippen LogP contribution < -0.4 is 15.1 Å². The first-order chi connectivity index (χ1) is 14.2. The van der Waals surface area contributed by atoms with Gasteiger partial charge in [0.1, 0.15) is 5.82 Å². The van der Waals surface area contributed by atoms with Crippen molar-refractivity contribution in [2.45, 2.75) is 0 Å². The Hall–Kier alpha value is -3.61. The number of anilines is 4. The van der Waals surface area contributed by atoms with Crippen LogP contribution in [0.25, 0.3) is 0 Å². The quantitative estimate of drug-likeness (QED) is 0.671. The predicted octanol–water partition coefficient (Wildman–Crippen LogP) is 3.33. The van der Waals surface area contributed by atoms with E-state index in [-0.39, 0.29) is 5.97 Å². The molecule has 0 spiro atoms. The minimum Gasteiger partial charge on any atom is -0.465 e. The van der Waals surface area contributed by atoms with Gasteiger partial charge in [-0.1, -0.05) is 30.3 Å². The summed E-state index contributed by atoms with van der Waals surface area (Å²) in [5.74, 6) is 0.925. The highest BCUT2D eigenvalue weighted by Gasteiger charge is 2.19. The average molecular weight is 389 g/mol. The van der Waals surface area contributed by atoms with Crippen LogP contribution in [-0.4, -0.2) is 49.2 Å². The highest BCUT2D eigenvalue weighted by molar-refractivity contribution is 5.96. The van der Waals surface area contributed by atoms with Gasteiger partial charge in [-0.15, -0.1) is 0 Å². The third kappa shape index (κ3) is 4.29. The van der Waals surface area contributed by atoms with Crippen molar-refractivity contribution in [1.82, 2.24) is 9.97 Å². The second-order valence-corrected chi connectivity index (χ2v) is 6.71. The summed E-state index contributed by atoms with van der Waals surface area (Å²) >= 11 is 0. The highest BCUT2D eigenvalue weighted by Crippen LogP contribution is 2.22. The molecule has 0 amide bonds. The van der Waals surface area contributed by atoms with Gasteiger partial charge >= 0.3 is 5.97 Å². The second-order valence-electron chi connectivity index (χ2n) is 6.71. The van der Waals surface area contributed by atoms with E-state index in [1.807, 2.05) is 18.2 Å². The van der Waals surface area contributed by atoms with Crippen molar-refractivity contribution < 1.29 is 9.53 Å². The Bertz CT molecular complexity index is 972. The summed E-state index contributed by atoms with van der Waals surface area (Å²) in [6.45, 7) is 3.51. The first-order valence-electron chi connectivity index (χ1n) is 9.57. The lowest BCUT2D eigenvalue weighted by Crippen LogP contribution is -2.47. The van der Waals surface area contributed by atoms with Crippen LogP contribution in [0.4, 0.5) is 23.1 Å². The van der Waals surface area contributed by atoms with Gasteiger partial charge in [-0.3, -0.25) is 0 Å². The number of nitrogens with one attached hydrogen (secondary N) is 1. The van der Waals surface area contributed by atoms with Crippen molar-refractivity contribution in [2.24, 2.45) is 0 Å². The molecular formula is C22H23N5O2. The number of aromatic nitrogens is 2. The molecule has 29 heavy (non-hydrogen) atoms. The Morgan fingerprint density at radius 2 is 1.62 bits per heavy atom. The van der Waals surface area contributed by atoms with Gasteiger partial charge in [-0.2, -0.15) is 4.98 Å². The van der Waals surface area contributed by atoms with Gasteiger partial charge in [0.2, 0.25) is 5.95 Å². The first kappa shape index (κ1) is 18.7. The number of piperazine rings is 1. The molecule has 0 radical (unpaired) electrons. The van der Waals surface area contributed by atoms with Gasteiger partial charge in [-0.25, -0.2) is 9.78 Å². The number of para-hydroxylation sites is 2. The number of hydrogen-bond donors (Lipinski definition) is 1. The Balaban J connectivity index is 1.46. The van der Waals surface area contributed by atoms with E-state index in [2.05, 4.69) is 49.4 Å². The maximum atomic E-state index is 12.0. The van der Waals surface area contributed by atoms with Gasteiger partial charge in [0.05, 0.1) is 18.4 Å². The lowest BCUT2D eigenvalue weighted by Gasteiger charge is -2.36.